The van der Waals surface area contributed by atoms with Gasteiger partial charge in [-0.05, 0) is 0 Å². The average Bonchev–Trinajstić information content (AvgIpc) is 3.45. The van der Waals surface area contributed by atoms with E-state index in [4.69, 9.17) is 66.3 Å². The average molecular weight is 1130 g/mol. The molecule has 0 radical (unpaired) electrons. The summed E-state index contributed by atoms with van der Waals surface area (Å²) in [6.45, 7) is -7.33. The first-order chi connectivity index (χ1) is 36.7. The van der Waals surface area contributed by atoms with Crippen LogP contribution in [-0.4, -0.2) is 368 Å². The summed E-state index contributed by atoms with van der Waals surface area (Å²) in [5, 5.41) is 230. The van der Waals surface area contributed by atoms with Crippen LogP contribution in [0.25, 0.3) is 0 Å². The van der Waals surface area contributed by atoms with E-state index < -0.39 is 261 Å². The van der Waals surface area contributed by atoms with Gasteiger partial charge in [-0.1, -0.05) is 0 Å². The molecule has 21 saturated heterocycles. The van der Waals surface area contributed by atoms with E-state index in [0.717, 1.165) is 0 Å². The van der Waals surface area contributed by atoms with Crippen LogP contribution in [0.15, 0.2) is 0 Å². The smallest absolute Gasteiger partial charge is 0.187 e. The summed E-state index contributed by atoms with van der Waals surface area (Å²) in [4.78, 5) is 0. The van der Waals surface area contributed by atoms with Crippen molar-refractivity contribution in [2.45, 2.75) is 215 Å². The molecule has 0 saturated carbocycles. The number of aliphatic hydroxyl groups is 21. The van der Waals surface area contributed by atoms with Gasteiger partial charge in [-0.25, -0.2) is 0 Å². The molecule has 21 N–H and O–H groups in total. The summed E-state index contributed by atoms with van der Waals surface area (Å²) in [7, 11) is 0. The Morgan fingerprint density at radius 3 is 0.351 bits per heavy atom. The summed E-state index contributed by atoms with van der Waals surface area (Å²) in [5.41, 5.74) is 0. The lowest BCUT2D eigenvalue weighted by Gasteiger charge is -2.50. The Morgan fingerprint density at radius 1 is 0.156 bits per heavy atom. The highest BCUT2D eigenvalue weighted by molar-refractivity contribution is 5.01. The van der Waals surface area contributed by atoms with Crippen LogP contribution in [0, 0.1) is 0 Å². The molecule has 0 unspecified atom stereocenters. The molecule has 21 fully saturated rings. The molecule has 21 aliphatic rings. The number of hydrogen-bond donors (Lipinski definition) is 21. The molecule has 0 aromatic rings. The number of hydrogen-bond acceptors (Lipinski definition) is 35. The molecule has 448 valence electrons. The van der Waals surface area contributed by atoms with E-state index >= 15 is 0 Å². The third-order valence-electron chi connectivity index (χ3n) is 14.8. The molecule has 21 heterocycles. The van der Waals surface area contributed by atoms with Crippen molar-refractivity contribution in [1.29, 1.82) is 0 Å². The molecular weight excluding hydrogens is 1060 g/mol. The Kier molecular flexibility index (Phi) is 20.8. The lowest BCUT2D eigenvalue weighted by molar-refractivity contribution is -0.396. The van der Waals surface area contributed by atoms with Gasteiger partial charge in [0.15, 0.2) is 44.0 Å². The van der Waals surface area contributed by atoms with Crippen LogP contribution in [0.4, 0.5) is 0 Å². The molecule has 0 spiro atoms. The molecule has 77 heavy (non-hydrogen) atoms. The fourth-order valence-corrected chi connectivity index (χ4v) is 10.4. The van der Waals surface area contributed by atoms with Gasteiger partial charge in [-0.2, -0.15) is 0 Å². The van der Waals surface area contributed by atoms with Gasteiger partial charge in [0.2, 0.25) is 0 Å². The van der Waals surface area contributed by atoms with Crippen molar-refractivity contribution in [3.8, 4) is 0 Å². The SMILES string of the molecule is OC[C@H]1O[C@@H]2O[C@H]3[C@H](O)[C@@H](O)[C@@H](O[C@H]4[C@H](O)[C@@H](O)[C@@H](O[C@H]5[C@H](O)[C@@H](O)[C@@H](O[C@H]6[C@H](O)[C@@H](O)[C@@H](O[C@H]7[C@@H](O)[C@H](O)[C@@H](O[C@H]8[C@@H](O)[C@H](O)[C@@H](O[C@H]1[C@H](O)[C@H]2O)O[C@@H]8CO)O[C@@H]7CO)O[C@@H]6CO)O[C@@H]5CO)O[C@@H]4CO)O[C@@H]3CO. The highest BCUT2D eigenvalue weighted by Gasteiger charge is 2.59. The Balaban J connectivity index is 1.08. The molecule has 35 atom stereocenters. The zero-order chi connectivity index (χ0) is 56.1. The number of aliphatic hydroxyl groups excluding tert-OH is 21. The van der Waals surface area contributed by atoms with E-state index in [1.54, 1.807) is 0 Å². The Bertz CT molecular complexity index is 1470. The van der Waals surface area contributed by atoms with Crippen LogP contribution >= 0.6 is 0 Å². The predicted octanol–water partition coefficient (Wildman–Crippen LogP) is -15.2. The van der Waals surface area contributed by atoms with Crippen molar-refractivity contribution in [1.82, 2.24) is 0 Å². The maximum atomic E-state index is 11.3. The van der Waals surface area contributed by atoms with E-state index in [2.05, 4.69) is 0 Å². The Labute approximate surface area is 434 Å². The van der Waals surface area contributed by atoms with Gasteiger partial charge in [-0.15, -0.1) is 0 Å². The third kappa shape index (κ3) is 12.1. The number of ether oxygens (including phenoxy) is 14. The van der Waals surface area contributed by atoms with Crippen molar-refractivity contribution < 1.29 is 174 Å². The van der Waals surface area contributed by atoms with Gasteiger partial charge in [0.05, 0.1) is 46.2 Å². The molecular formula is C42H70O35. The first-order valence-electron chi connectivity index (χ1n) is 24.6. The first-order valence-corrected chi connectivity index (χ1v) is 24.6. The summed E-state index contributed by atoms with van der Waals surface area (Å²) in [6, 6.07) is 0. The van der Waals surface area contributed by atoms with E-state index in [-0.39, 0.29) is 0 Å². The van der Waals surface area contributed by atoms with Crippen molar-refractivity contribution in [3.05, 3.63) is 0 Å². The molecule has 14 bridgehead atoms. The van der Waals surface area contributed by atoms with E-state index in [9.17, 15) is 107 Å². The normalized spacial score (nSPS) is 55.4. The molecule has 0 amide bonds. The van der Waals surface area contributed by atoms with Gasteiger partial charge < -0.3 is 174 Å². The van der Waals surface area contributed by atoms with Crippen molar-refractivity contribution in [2.24, 2.45) is 0 Å². The molecule has 0 aliphatic carbocycles. The summed E-state index contributed by atoms with van der Waals surface area (Å²) in [6.07, 6.45) is -70.2. The fraction of sp³-hybridized carbons (Fsp3) is 1.00. The van der Waals surface area contributed by atoms with Gasteiger partial charge in [0, 0.05) is 0 Å². The van der Waals surface area contributed by atoms with Crippen LogP contribution in [0.1, 0.15) is 0 Å². The quantitative estimate of drug-likeness (QED) is 0.113. The third-order valence-corrected chi connectivity index (χ3v) is 14.8. The highest BCUT2D eigenvalue weighted by Crippen LogP contribution is 2.39. The standard InChI is InChI=1S/C42H70O35/c43-1-8-29-15(50)22(57)36(64-8)72-30-9(2-44)66-38(24(59)17(30)52)74-32-11(4-46)68-40(26(61)19(32)54)76-34-13(6-48)70-42(28(63)21(34)56)77-35-14(7-49)69-41(27(62)20(35)55)75-33-12(5-47)67-39(25(60)18(33)53)73-31-10(3-45)65-37(71-29)23(58)16(31)51/h8-63H,1-7H2/t8-,9-,10-,11-,12-,13-,14-,15-,16-,17-,18-,19-,20+,21+,22-,23-,24-,25-,26-,27+,28+,29-,30-,31-,32-,33-,34-,35-,36-,37-,38-,39-,40-,41-,42-/m1/s1. The molecule has 21 rings (SSSR count). The maximum Gasteiger partial charge on any atom is 0.187 e. The summed E-state index contributed by atoms with van der Waals surface area (Å²) in [5.74, 6) is 0. The van der Waals surface area contributed by atoms with Crippen molar-refractivity contribution >= 4 is 0 Å². The second kappa shape index (κ2) is 26.0. The fourth-order valence-electron chi connectivity index (χ4n) is 10.4. The second-order valence-corrected chi connectivity index (χ2v) is 19.7. The first kappa shape index (κ1) is 61.7. The molecule has 35 nitrogen and oxygen atoms in total. The molecule has 0 aromatic carbocycles. The highest BCUT2D eigenvalue weighted by atomic mass is 16.8. The van der Waals surface area contributed by atoms with E-state index in [1.165, 1.54) is 0 Å². The van der Waals surface area contributed by atoms with Gasteiger partial charge in [-0.3, -0.25) is 0 Å². The molecule has 0 aromatic heterocycles. The summed E-state index contributed by atoms with van der Waals surface area (Å²) >= 11 is 0. The van der Waals surface area contributed by atoms with Crippen LogP contribution < -0.4 is 0 Å². The van der Waals surface area contributed by atoms with E-state index in [1.807, 2.05) is 0 Å². The van der Waals surface area contributed by atoms with Crippen LogP contribution in [-0.2, 0) is 66.3 Å². The van der Waals surface area contributed by atoms with Crippen molar-refractivity contribution in [3.63, 3.8) is 0 Å². The minimum atomic E-state index is -2.21. The predicted molar refractivity (Wildman–Crippen MR) is 228 cm³/mol. The lowest BCUT2D eigenvalue weighted by atomic mass is 9.95. The lowest BCUT2D eigenvalue weighted by Crippen LogP contribution is -2.68. The maximum absolute atomic E-state index is 11.3. The topological polar surface area (TPSA) is 554 Å². The van der Waals surface area contributed by atoms with E-state index in [0.29, 0.717) is 0 Å². The Hall–Kier alpha value is -1.40. The van der Waals surface area contributed by atoms with Gasteiger partial charge >= 0.3 is 0 Å². The second-order valence-electron chi connectivity index (χ2n) is 19.7. The minimum Gasteiger partial charge on any atom is -0.394 e. The Morgan fingerprint density at radius 2 is 0.260 bits per heavy atom. The monoisotopic (exact) mass is 1130 g/mol. The summed E-state index contributed by atoms with van der Waals surface area (Å²) < 4.78 is 79.5. The molecule has 21 aliphatic heterocycles. The van der Waals surface area contributed by atoms with Crippen molar-refractivity contribution in [2.75, 3.05) is 46.2 Å². The van der Waals surface area contributed by atoms with Crippen LogP contribution in [0.5, 0.6) is 0 Å². The largest absolute Gasteiger partial charge is 0.394 e. The van der Waals surface area contributed by atoms with Gasteiger partial charge in [0.1, 0.15) is 171 Å². The van der Waals surface area contributed by atoms with Gasteiger partial charge in [0.25, 0.3) is 0 Å². The van der Waals surface area contributed by atoms with Crippen LogP contribution in [0.2, 0.25) is 0 Å². The zero-order valence-corrected chi connectivity index (χ0v) is 40.3. The number of rotatable bonds is 7. The zero-order valence-electron chi connectivity index (χ0n) is 40.3. The molecule has 35 heteroatoms. The van der Waals surface area contributed by atoms with Crippen LogP contribution in [0.3, 0.4) is 0 Å². The minimum absolute atomic E-state index is 1.05.